The monoisotopic (exact) mass is 218 g/mol. The molecule has 0 aromatic heterocycles. The number of rotatable bonds is 2. The van der Waals surface area contributed by atoms with E-state index >= 15 is 0 Å². The van der Waals surface area contributed by atoms with Gasteiger partial charge in [-0.15, -0.1) is 0 Å². The Balaban J connectivity index is 1.87. The van der Waals surface area contributed by atoms with Gasteiger partial charge in [-0.25, -0.2) is 0 Å². The van der Waals surface area contributed by atoms with Gasteiger partial charge in [0.2, 0.25) is 0 Å². The first-order valence-electron chi connectivity index (χ1n) is 6.05. The summed E-state index contributed by atoms with van der Waals surface area (Å²) in [6, 6.07) is 6.82. The topological polar surface area (TPSA) is 33.3 Å². The summed E-state index contributed by atoms with van der Waals surface area (Å²) in [5, 5.41) is 7.12. The number of hydrogen-bond donors (Lipinski definition) is 2. The highest BCUT2D eigenvalue weighted by atomic mass is 16.5. The van der Waals surface area contributed by atoms with Crippen LogP contribution < -0.4 is 15.4 Å². The lowest BCUT2D eigenvalue weighted by Crippen LogP contribution is -2.21. The van der Waals surface area contributed by atoms with Crippen molar-refractivity contribution < 1.29 is 4.74 Å². The summed E-state index contributed by atoms with van der Waals surface area (Å²) in [5.74, 6) is 1.81. The molecule has 86 valence electrons. The number of benzene rings is 1. The molecule has 1 aliphatic carbocycles. The van der Waals surface area contributed by atoms with Gasteiger partial charge in [0.05, 0.1) is 18.5 Å². The third-order valence-corrected chi connectivity index (χ3v) is 3.53. The molecule has 2 N–H and O–H groups in total. The van der Waals surface area contributed by atoms with E-state index in [1.54, 1.807) is 7.11 Å². The van der Waals surface area contributed by atoms with Gasteiger partial charge in [-0.05, 0) is 37.3 Å². The standard InChI is InChI=1S/C13H18N2O/c1-16-10-4-5-12-13(8-10)15-11(6-7-14-12)9-2-3-9/h4-5,8-9,11,14-15H,2-3,6-7H2,1H3. The molecular formula is C13H18N2O. The molecule has 1 aliphatic heterocycles. The maximum atomic E-state index is 5.26. The number of anilines is 2. The first-order chi connectivity index (χ1) is 7.86. The average molecular weight is 218 g/mol. The van der Waals surface area contributed by atoms with Crippen LogP contribution in [0, 0.1) is 5.92 Å². The minimum atomic E-state index is 0.640. The van der Waals surface area contributed by atoms with Crippen LogP contribution in [0.1, 0.15) is 19.3 Å². The molecule has 16 heavy (non-hydrogen) atoms. The Morgan fingerprint density at radius 2 is 2.06 bits per heavy atom. The smallest absolute Gasteiger partial charge is 0.121 e. The molecule has 0 bridgehead atoms. The Labute approximate surface area is 96.2 Å². The molecule has 1 atom stereocenters. The van der Waals surface area contributed by atoms with Crippen molar-refractivity contribution in [2.24, 2.45) is 5.92 Å². The highest BCUT2D eigenvalue weighted by molar-refractivity contribution is 5.71. The van der Waals surface area contributed by atoms with Crippen LogP contribution in [0.2, 0.25) is 0 Å². The molecule has 1 fully saturated rings. The van der Waals surface area contributed by atoms with Crippen LogP contribution in [0.4, 0.5) is 11.4 Å². The Bertz CT molecular complexity index is 388. The van der Waals surface area contributed by atoms with Gasteiger partial charge < -0.3 is 15.4 Å². The first-order valence-corrected chi connectivity index (χ1v) is 6.05. The number of fused-ring (bicyclic) bond motifs is 1. The van der Waals surface area contributed by atoms with Crippen molar-refractivity contribution in [2.45, 2.75) is 25.3 Å². The van der Waals surface area contributed by atoms with E-state index < -0.39 is 0 Å². The van der Waals surface area contributed by atoms with E-state index in [-0.39, 0.29) is 0 Å². The van der Waals surface area contributed by atoms with Gasteiger partial charge in [0, 0.05) is 18.7 Å². The Morgan fingerprint density at radius 1 is 1.19 bits per heavy atom. The van der Waals surface area contributed by atoms with Crippen LogP contribution in [-0.2, 0) is 0 Å². The van der Waals surface area contributed by atoms with E-state index in [0.717, 1.165) is 18.2 Å². The Morgan fingerprint density at radius 3 is 2.81 bits per heavy atom. The third kappa shape index (κ3) is 1.82. The molecule has 3 nitrogen and oxygen atoms in total. The zero-order chi connectivity index (χ0) is 11.0. The molecule has 1 saturated carbocycles. The molecule has 0 saturated heterocycles. The average Bonchev–Trinajstić information content (AvgIpc) is 3.13. The zero-order valence-electron chi connectivity index (χ0n) is 9.62. The lowest BCUT2D eigenvalue weighted by atomic mass is 10.1. The summed E-state index contributed by atoms with van der Waals surface area (Å²) in [5.41, 5.74) is 2.39. The highest BCUT2D eigenvalue weighted by Gasteiger charge is 2.32. The van der Waals surface area contributed by atoms with Crippen molar-refractivity contribution in [2.75, 3.05) is 24.3 Å². The van der Waals surface area contributed by atoms with Crippen molar-refractivity contribution in [3.05, 3.63) is 18.2 Å². The van der Waals surface area contributed by atoms with Gasteiger partial charge in [-0.1, -0.05) is 0 Å². The fraction of sp³-hybridized carbons (Fsp3) is 0.538. The summed E-state index contributed by atoms with van der Waals surface area (Å²) in [7, 11) is 1.71. The summed E-state index contributed by atoms with van der Waals surface area (Å²) < 4.78 is 5.26. The van der Waals surface area contributed by atoms with Crippen LogP contribution in [0.25, 0.3) is 0 Å². The van der Waals surface area contributed by atoms with Crippen molar-refractivity contribution in [3.8, 4) is 5.75 Å². The van der Waals surface area contributed by atoms with Crippen LogP contribution in [0.5, 0.6) is 5.75 Å². The fourth-order valence-electron chi connectivity index (χ4n) is 2.41. The molecule has 1 aromatic rings. The molecule has 2 aliphatic rings. The highest BCUT2D eigenvalue weighted by Crippen LogP contribution is 2.39. The summed E-state index contributed by atoms with van der Waals surface area (Å²) in [4.78, 5) is 0. The van der Waals surface area contributed by atoms with Gasteiger partial charge in [0.1, 0.15) is 5.75 Å². The zero-order valence-corrected chi connectivity index (χ0v) is 9.62. The maximum absolute atomic E-state index is 5.26. The van der Waals surface area contributed by atoms with Crippen molar-refractivity contribution in [1.82, 2.24) is 0 Å². The number of nitrogens with one attached hydrogen (secondary N) is 2. The summed E-state index contributed by atoms with van der Waals surface area (Å²) >= 11 is 0. The second kappa shape index (κ2) is 3.89. The minimum Gasteiger partial charge on any atom is -0.497 e. The van der Waals surface area contributed by atoms with E-state index in [1.807, 2.05) is 6.07 Å². The number of hydrogen-bond acceptors (Lipinski definition) is 3. The number of methoxy groups -OCH3 is 1. The first kappa shape index (κ1) is 9.82. The Hall–Kier alpha value is -1.38. The van der Waals surface area contributed by atoms with Crippen LogP contribution >= 0.6 is 0 Å². The SMILES string of the molecule is COc1ccc2c(c1)NC(C1CC1)CCN2. The summed E-state index contributed by atoms with van der Waals surface area (Å²) in [6.07, 6.45) is 3.98. The molecule has 0 radical (unpaired) electrons. The van der Waals surface area contributed by atoms with Crippen LogP contribution in [0.15, 0.2) is 18.2 Å². The third-order valence-electron chi connectivity index (χ3n) is 3.53. The fourth-order valence-corrected chi connectivity index (χ4v) is 2.41. The van der Waals surface area contributed by atoms with E-state index in [4.69, 9.17) is 4.74 Å². The Kier molecular flexibility index (Phi) is 2.39. The number of ether oxygens (including phenoxy) is 1. The van der Waals surface area contributed by atoms with Gasteiger partial charge in [-0.2, -0.15) is 0 Å². The van der Waals surface area contributed by atoms with Crippen molar-refractivity contribution >= 4 is 11.4 Å². The lowest BCUT2D eigenvalue weighted by molar-refractivity contribution is 0.415. The van der Waals surface area contributed by atoms with Gasteiger partial charge in [-0.3, -0.25) is 0 Å². The normalized spacial score (nSPS) is 23.7. The van der Waals surface area contributed by atoms with Crippen LogP contribution in [0.3, 0.4) is 0 Å². The quantitative estimate of drug-likeness (QED) is 0.800. The summed E-state index contributed by atoms with van der Waals surface area (Å²) in [6.45, 7) is 1.06. The molecular weight excluding hydrogens is 200 g/mol. The predicted molar refractivity (Wildman–Crippen MR) is 66.2 cm³/mol. The molecule has 0 spiro atoms. The minimum absolute atomic E-state index is 0.640. The van der Waals surface area contributed by atoms with E-state index in [0.29, 0.717) is 6.04 Å². The van der Waals surface area contributed by atoms with Crippen molar-refractivity contribution in [1.29, 1.82) is 0 Å². The second-order valence-electron chi connectivity index (χ2n) is 4.72. The van der Waals surface area contributed by atoms with Gasteiger partial charge >= 0.3 is 0 Å². The lowest BCUT2D eigenvalue weighted by Gasteiger charge is -2.17. The largest absolute Gasteiger partial charge is 0.497 e. The van der Waals surface area contributed by atoms with Gasteiger partial charge in [0.25, 0.3) is 0 Å². The molecule has 1 unspecified atom stereocenters. The molecule has 1 heterocycles. The second-order valence-corrected chi connectivity index (χ2v) is 4.72. The van der Waals surface area contributed by atoms with E-state index in [9.17, 15) is 0 Å². The molecule has 3 rings (SSSR count). The predicted octanol–water partition coefficient (Wildman–Crippen LogP) is 2.70. The van der Waals surface area contributed by atoms with Crippen molar-refractivity contribution in [3.63, 3.8) is 0 Å². The maximum Gasteiger partial charge on any atom is 0.121 e. The molecule has 0 amide bonds. The molecule has 1 aromatic carbocycles. The van der Waals surface area contributed by atoms with Gasteiger partial charge in [0.15, 0.2) is 0 Å². The van der Waals surface area contributed by atoms with E-state index in [2.05, 4.69) is 22.8 Å². The molecule has 3 heteroatoms. The van der Waals surface area contributed by atoms with Crippen LogP contribution in [-0.4, -0.2) is 19.7 Å². The van der Waals surface area contributed by atoms with E-state index in [1.165, 1.54) is 30.6 Å².